The Morgan fingerprint density at radius 3 is 1.45 bits per heavy atom. The quantitative estimate of drug-likeness (QED) is 0.0382. The third-order valence-corrected chi connectivity index (χ3v) is 11.5. The molecular formula is C48H95NO4. The van der Waals surface area contributed by atoms with Gasteiger partial charge in [-0.25, -0.2) is 0 Å². The third-order valence-electron chi connectivity index (χ3n) is 11.5. The summed E-state index contributed by atoms with van der Waals surface area (Å²) in [6.07, 6.45) is 41.6. The van der Waals surface area contributed by atoms with E-state index in [1.807, 2.05) is 0 Å². The van der Waals surface area contributed by atoms with Crippen molar-refractivity contribution in [3.63, 3.8) is 0 Å². The Morgan fingerprint density at radius 2 is 0.981 bits per heavy atom. The van der Waals surface area contributed by atoms with Crippen molar-refractivity contribution in [2.45, 2.75) is 265 Å². The zero-order valence-corrected chi connectivity index (χ0v) is 36.8. The van der Waals surface area contributed by atoms with Crippen molar-refractivity contribution in [2.24, 2.45) is 0 Å². The fraction of sp³-hybridized carbons (Fsp3) is 0.938. The van der Waals surface area contributed by atoms with Crippen LogP contribution in [-0.4, -0.2) is 53.9 Å². The van der Waals surface area contributed by atoms with Gasteiger partial charge < -0.3 is 19.5 Å². The van der Waals surface area contributed by atoms with Crippen LogP contribution < -0.4 is 0 Å². The summed E-state index contributed by atoms with van der Waals surface area (Å²) >= 11 is 0. The molecule has 0 amide bonds. The van der Waals surface area contributed by atoms with Crippen molar-refractivity contribution in [1.29, 1.82) is 0 Å². The lowest BCUT2D eigenvalue weighted by molar-refractivity contribution is -0.159. The molecule has 0 radical (unpaired) electrons. The normalized spacial score (nSPS) is 12.8. The van der Waals surface area contributed by atoms with E-state index in [4.69, 9.17) is 9.47 Å². The van der Waals surface area contributed by atoms with Crippen molar-refractivity contribution in [2.75, 3.05) is 26.2 Å². The molecule has 5 heteroatoms. The molecule has 0 aromatic rings. The summed E-state index contributed by atoms with van der Waals surface area (Å²) < 4.78 is 12.4. The first kappa shape index (κ1) is 51.9. The van der Waals surface area contributed by atoms with Crippen LogP contribution in [0.4, 0.5) is 0 Å². The molecule has 1 unspecified atom stereocenters. The van der Waals surface area contributed by atoms with Crippen molar-refractivity contribution in [3.8, 4) is 0 Å². The van der Waals surface area contributed by atoms with Gasteiger partial charge in [-0.15, -0.1) is 0 Å². The molecule has 0 aliphatic carbocycles. The van der Waals surface area contributed by atoms with Crippen molar-refractivity contribution in [3.05, 3.63) is 12.3 Å². The molecule has 5 nitrogen and oxygen atoms in total. The van der Waals surface area contributed by atoms with Gasteiger partial charge in [0.25, 0.3) is 0 Å². The topological polar surface area (TPSA) is 59.0 Å². The molecule has 1 atom stereocenters. The van der Waals surface area contributed by atoms with E-state index in [9.17, 15) is 9.90 Å². The minimum Gasteiger partial charge on any atom is -0.495 e. The predicted octanol–water partition coefficient (Wildman–Crippen LogP) is 14.8. The molecule has 0 spiro atoms. The van der Waals surface area contributed by atoms with Crippen LogP contribution in [0.25, 0.3) is 0 Å². The standard InChI is InChI=1S/C48H95NO4/c1-7-11-14-17-23-30-37-46(38-31-24-18-15-12-8-2)52-45(5)36-29-22-20-27-34-41-49(43-44-50)42-35-28-21-25-32-39-47(51)53-48(6,10-4)40-33-26-19-16-13-9-3/h46,50H,5,7-44H2,1-4,6H3. The Morgan fingerprint density at radius 1 is 0.566 bits per heavy atom. The number of carbonyl (C=O) groups is 1. The highest BCUT2D eigenvalue weighted by Crippen LogP contribution is 2.25. The number of hydrogen-bond acceptors (Lipinski definition) is 5. The summed E-state index contributed by atoms with van der Waals surface area (Å²) in [5.41, 5.74) is -0.300. The highest BCUT2D eigenvalue weighted by molar-refractivity contribution is 5.69. The van der Waals surface area contributed by atoms with E-state index in [0.717, 1.165) is 76.8 Å². The van der Waals surface area contributed by atoms with Crippen LogP contribution in [-0.2, 0) is 14.3 Å². The van der Waals surface area contributed by atoms with Crippen LogP contribution in [0.3, 0.4) is 0 Å². The highest BCUT2D eigenvalue weighted by atomic mass is 16.6. The van der Waals surface area contributed by atoms with E-state index in [0.29, 0.717) is 12.5 Å². The molecule has 1 N–H and O–H groups in total. The zero-order chi connectivity index (χ0) is 39.1. The van der Waals surface area contributed by atoms with Crippen molar-refractivity contribution >= 4 is 5.97 Å². The molecule has 0 bridgehead atoms. The average molecular weight is 750 g/mol. The minimum absolute atomic E-state index is 0.0148. The van der Waals surface area contributed by atoms with Gasteiger partial charge in [-0.3, -0.25) is 4.79 Å². The van der Waals surface area contributed by atoms with Gasteiger partial charge in [-0.2, -0.15) is 0 Å². The Labute approximate surface area is 332 Å². The Kier molecular flexibility index (Phi) is 38.4. The second kappa shape index (κ2) is 39.2. The molecule has 0 aromatic heterocycles. The van der Waals surface area contributed by atoms with Gasteiger partial charge in [0.1, 0.15) is 5.60 Å². The van der Waals surface area contributed by atoms with E-state index in [1.165, 1.54) is 161 Å². The van der Waals surface area contributed by atoms with E-state index in [2.05, 4.69) is 46.1 Å². The molecule has 0 saturated heterocycles. The SMILES string of the molecule is C=C(CCCCCCCN(CCO)CCCCCCCC(=O)OC(C)(CC)CCCCCCCC)OC(CCCCCCCC)CCCCCCCC. The van der Waals surface area contributed by atoms with Crippen LogP contribution in [0.15, 0.2) is 12.3 Å². The number of esters is 1. The van der Waals surface area contributed by atoms with Crippen LogP contribution in [0.5, 0.6) is 0 Å². The fourth-order valence-electron chi connectivity index (χ4n) is 7.57. The molecule has 0 aromatic carbocycles. The fourth-order valence-corrected chi connectivity index (χ4v) is 7.57. The molecule has 0 saturated carbocycles. The number of allylic oxidation sites excluding steroid dienone is 1. The monoisotopic (exact) mass is 750 g/mol. The third kappa shape index (κ3) is 35.1. The first-order valence-corrected chi connectivity index (χ1v) is 23.7. The van der Waals surface area contributed by atoms with E-state index in [1.54, 1.807) is 0 Å². The first-order chi connectivity index (χ1) is 25.8. The zero-order valence-electron chi connectivity index (χ0n) is 36.8. The summed E-state index contributed by atoms with van der Waals surface area (Å²) in [7, 11) is 0. The lowest BCUT2D eigenvalue weighted by Crippen LogP contribution is -2.31. The highest BCUT2D eigenvalue weighted by Gasteiger charge is 2.26. The molecule has 316 valence electrons. The van der Waals surface area contributed by atoms with E-state index in [-0.39, 0.29) is 18.2 Å². The Balaban J connectivity index is 4.10. The summed E-state index contributed by atoms with van der Waals surface area (Å²) in [6, 6.07) is 0. The summed E-state index contributed by atoms with van der Waals surface area (Å²) in [5, 5.41) is 9.62. The Bertz CT molecular complexity index is 772. The number of hydrogen-bond donors (Lipinski definition) is 1. The van der Waals surface area contributed by atoms with E-state index >= 15 is 0 Å². The number of aliphatic hydroxyl groups excluding tert-OH is 1. The minimum atomic E-state index is -0.300. The lowest BCUT2D eigenvalue weighted by atomic mass is 9.94. The lowest BCUT2D eigenvalue weighted by Gasteiger charge is -2.28. The van der Waals surface area contributed by atoms with Crippen molar-refractivity contribution < 1.29 is 19.4 Å². The predicted molar refractivity (Wildman–Crippen MR) is 232 cm³/mol. The van der Waals surface area contributed by atoms with Crippen LogP contribution >= 0.6 is 0 Å². The van der Waals surface area contributed by atoms with Gasteiger partial charge in [-0.1, -0.05) is 169 Å². The van der Waals surface area contributed by atoms with Crippen molar-refractivity contribution in [1.82, 2.24) is 4.90 Å². The average Bonchev–Trinajstić information content (AvgIpc) is 3.14. The van der Waals surface area contributed by atoms with Gasteiger partial charge >= 0.3 is 5.97 Å². The summed E-state index contributed by atoms with van der Waals surface area (Å²) in [5.74, 6) is 0.998. The molecule has 0 heterocycles. The molecule has 0 fully saturated rings. The number of ether oxygens (including phenoxy) is 2. The van der Waals surface area contributed by atoms with Crippen LogP contribution in [0, 0.1) is 0 Å². The largest absolute Gasteiger partial charge is 0.495 e. The van der Waals surface area contributed by atoms with E-state index < -0.39 is 0 Å². The second-order valence-corrected chi connectivity index (χ2v) is 16.8. The summed E-state index contributed by atoms with van der Waals surface area (Å²) in [4.78, 5) is 15.0. The number of carbonyl (C=O) groups excluding carboxylic acids is 1. The second-order valence-electron chi connectivity index (χ2n) is 16.8. The maximum absolute atomic E-state index is 12.6. The number of rotatable bonds is 43. The number of unbranched alkanes of at least 4 members (excludes halogenated alkanes) is 23. The summed E-state index contributed by atoms with van der Waals surface area (Å²) in [6.45, 7) is 18.6. The molecule has 0 aliphatic heterocycles. The van der Waals surface area contributed by atoms with Gasteiger partial charge in [-0.05, 0) is 90.6 Å². The molecular weight excluding hydrogens is 655 g/mol. The van der Waals surface area contributed by atoms with Gasteiger partial charge in [0.05, 0.1) is 18.5 Å². The van der Waals surface area contributed by atoms with Crippen LogP contribution in [0.1, 0.15) is 253 Å². The maximum atomic E-state index is 12.6. The van der Waals surface area contributed by atoms with Gasteiger partial charge in [0, 0.05) is 19.4 Å². The molecule has 0 rings (SSSR count). The maximum Gasteiger partial charge on any atom is 0.306 e. The smallest absolute Gasteiger partial charge is 0.306 e. The molecule has 0 aliphatic rings. The van der Waals surface area contributed by atoms with Gasteiger partial charge in [0.2, 0.25) is 0 Å². The van der Waals surface area contributed by atoms with Gasteiger partial charge in [0.15, 0.2) is 0 Å². The Hall–Kier alpha value is -1.07. The number of aliphatic hydroxyl groups is 1. The molecule has 53 heavy (non-hydrogen) atoms. The van der Waals surface area contributed by atoms with Crippen LogP contribution in [0.2, 0.25) is 0 Å². The number of nitrogens with zero attached hydrogens (tertiary/aromatic N) is 1. The first-order valence-electron chi connectivity index (χ1n) is 23.7.